The van der Waals surface area contributed by atoms with Crippen molar-refractivity contribution in [3.8, 4) is 0 Å². The number of fused-ring (bicyclic) bond motifs is 1. The molecule has 1 amide bonds. The number of hydrogen-bond acceptors (Lipinski definition) is 7. The van der Waals surface area contributed by atoms with E-state index in [4.69, 9.17) is 4.98 Å². The minimum absolute atomic E-state index is 0.0280. The Bertz CT molecular complexity index is 1210. The Balaban J connectivity index is 1.45. The van der Waals surface area contributed by atoms with Gasteiger partial charge in [0, 0.05) is 24.4 Å². The molecule has 170 valence electrons. The summed E-state index contributed by atoms with van der Waals surface area (Å²) < 4.78 is 6.37. The van der Waals surface area contributed by atoms with Gasteiger partial charge in [0.2, 0.25) is 5.91 Å². The minimum Gasteiger partial charge on any atom is -0.465 e. The van der Waals surface area contributed by atoms with Gasteiger partial charge in [0.1, 0.15) is 0 Å². The van der Waals surface area contributed by atoms with Crippen LogP contribution in [-0.4, -0.2) is 40.0 Å². The lowest BCUT2D eigenvalue weighted by Crippen LogP contribution is -2.27. The Morgan fingerprint density at radius 1 is 1.15 bits per heavy atom. The van der Waals surface area contributed by atoms with Crippen LogP contribution in [-0.2, 0) is 28.9 Å². The molecule has 0 fully saturated rings. The Kier molecular flexibility index (Phi) is 7.51. The van der Waals surface area contributed by atoms with Crippen LogP contribution in [0.1, 0.15) is 21.6 Å². The van der Waals surface area contributed by atoms with E-state index >= 15 is 0 Å². The summed E-state index contributed by atoms with van der Waals surface area (Å²) in [6.45, 7) is 0.503. The first-order chi connectivity index (χ1) is 16.0. The zero-order chi connectivity index (χ0) is 23.2. The highest BCUT2D eigenvalue weighted by atomic mass is 32.2. The summed E-state index contributed by atoms with van der Waals surface area (Å²) in [7, 11) is 1.32. The number of methoxy groups -OCH3 is 1. The predicted octanol–water partition coefficient (Wildman–Crippen LogP) is 3.65. The lowest BCUT2D eigenvalue weighted by molar-refractivity contribution is -0.113. The number of ether oxygens (including phenoxy) is 1. The smallest absolute Gasteiger partial charge is 0.337 e. The van der Waals surface area contributed by atoms with E-state index in [9.17, 15) is 14.4 Å². The minimum atomic E-state index is -0.433. The average molecular weight is 482 g/mol. The maximum absolute atomic E-state index is 13.1. The third-order valence-corrected chi connectivity index (χ3v) is 7.22. The van der Waals surface area contributed by atoms with E-state index in [1.54, 1.807) is 40.6 Å². The number of thioether (sulfide) groups is 2. The lowest BCUT2D eigenvalue weighted by atomic mass is 10.1. The van der Waals surface area contributed by atoms with Crippen molar-refractivity contribution in [2.75, 3.05) is 23.9 Å². The number of esters is 1. The topological polar surface area (TPSA) is 90.3 Å². The molecule has 0 atom stereocenters. The second kappa shape index (κ2) is 10.7. The molecule has 7 nitrogen and oxygen atoms in total. The van der Waals surface area contributed by atoms with Crippen LogP contribution < -0.4 is 10.9 Å². The van der Waals surface area contributed by atoms with Crippen molar-refractivity contribution in [2.24, 2.45) is 0 Å². The van der Waals surface area contributed by atoms with Gasteiger partial charge in [0.05, 0.1) is 29.0 Å². The highest BCUT2D eigenvalue weighted by molar-refractivity contribution is 8.00. The molecule has 9 heteroatoms. The Morgan fingerprint density at radius 2 is 1.91 bits per heavy atom. The van der Waals surface area contributed by atoms with Gasteiger partial charge < -0.3 is 10.1 Å². The number of amides is 1. The summed E-state index contributed by atoms with van der Waals surface area (Å²) in [4.78, 5) is 42.6. The fourth-order valence-electron chi connectivity index (χ4n) is 3.45. The fourth-order valence-corrected chi connectivity index (χ4v) is 5.34. The molecule has 4 rings (SSSR count). The van der Waals surface area contributed by atoms with E-state index in [1.807, 2.05) is 30.3 Å². The maximum Gasteiger partial charge on any atom is 0.337 e. The van der Waals surface area contributed by atoms with Crippen LogP contribution in [0.2, 0.25) is 0 Å². The van der Waals surface area contributed by atoms with Crippen LogP contribution in [0.25, 0.3) is 0 Å². The third kappa shape index (κ3) is 5.66. The Hall–Kier alpha value is -3.04. The van der Waals surface area contributed by atoms with Gasteiger partial charge in [-0.1, -0.05) is 42.1 Å². The summed E-state index contributed by atoms with van der Waals surface area (Å²) >= 11 is 2.81. The summed E-state index contributed by atoms with van der Waals surface area (Å²) in [6, 6.07) is 16.5. The molecule has 1 aliphatic rings. The van der Waals surface area contributed by atoms with Crippen molar-refractivity contribution in [1.82, 2.24) is 9.55 Å². The van der Waals surface area contributed by atoms with Crippen molar-refractivity contribution >= 4 is 41.1 Å². The molecule has 0 aliphatic carbocycles. The second-order valence-electron chi connectivity index (χ2n) is 7.37. The van der Waals surface area contributed by atoms with E-state index < -0.39 is 5.97 Å². The molecular formula is C24H23N3O4S2. The molecule has 0 saturated carbocycles. The number of aromatic nitrogens is 2. The average Bonchev–Trinajstić information content (AvgIpc) is 3.32. The van der Waals surface area contributed by atoms with Gasteiger partial charge >= 0.3 is 5.97 Å². The van der Waals surface area contributed by atoms with Gasteiger partial charge in [-0.25, -0.2) is 9.78 Å². The van der Waals surface area contributed by atoms with E-state index in [1.165, 1.54) is 18.9 Å². The quantitative estimate of drug-likeness (QED) is 0.298. The molecule has 1 aliphatic heterocycles. The molecule has 0 saturated heterocycles. The first-order valence-corrected chi connectivity index (χ1v) is 12.4. The van der Waals surface area contributed by atoms with Gasteiger partial charge in [-0.3, -0.25) is 14.2 Å². The molecule has 2 aromatic carbocycles. The van der Waals surface area contributed by atoms with Crippen molar-refractivity contribution in [1.29, 1.82) is 0 Å². The van der Waals surface area contributed by atoms with Crippen LogP contribution >= 0.6 is 23.5 Å². The van der Waals surface area contributed by atoms with Crippen LogP contribution in [0.3, 0.4) is 0 Å². The van der Waals surface area contributed by atoms with Crippen molar-refractivity contribution in [3.63, 3.8) is 0 Å². The Labute approximate surface area is 200 Å². The molecule has 0 radical (unpaired) electrons. The van der Waals surface area contributed by atoms with Crippen molar-refractivity contribution in [3.05, 3.63) is 81.8 Å². The zero-order valence-electron chi connectivity index (χ0n) is 18.1. The van der Waals surface area contributed by atoms with Crippen molar-refractivity contribution in [2.45, 2.75) is 29.4 Å². The molecule has 1 aromatic heterocycles. The first kappa shape index (κ1) is 23.1. The first-order valence-electron chi connectivity index (χ1n) is 10.5. The number of aryl methyl sites for hydroxylation is 2. The number of rotatable bonds is 8. The number of benzene rings is 2. The van der Waals surface area contributed by atoms with E-state index in [0.717, 1.165) is 28.3 Å². The van der Waals surface area contributed by atoms with Crippen LogP contribution in [0.15, 0.2) is 69.4 Å². The number of anilines is 1. The number of nitrogens with one attached hydrogen (secondary N) is 1. The normalized spacial score (nSPS) is 12.3. The molecule has 0 unspecified atom stereocenters. The van der Waals surface area contributed by atoms with Crippen LogP contribution in [0, 0.1) is 0 Å². The standard InChI is InChI=1S/C24H23N3O4S2/c1-31-23(30)17-7-9-18(10-8-17)25-20(28)15-33-24-26-19-12-14-32-21(19)22(29)27(24)13-11-16-5-3-2-4-6-16/h2-10H,11-15H2,1H3,(H,25,28). The third-order valence-electron chi connectivity index (χ3n) is 5.14. The van der Waals surface area contributed by atoms with E-state index in [2.05, 4.69) is 10.1 Å². The van der Waals surface area contributed by atoms with Gasteiger partial charge in [-0.2, -0.15) is 0 Å². The van der Waals surface area contributed by atoms with Crippen LogP contribution in [0.5, 0.6) is 0 Å². The summed E-state index contributed by atoms with van der Waals surface area (Å²) in [5.41, 5.74) is 2.92. The Morgan fingerprint density at radius 3 is 2.64 bits per heavy atom. The summed E-state index contributed by atoms with van der Waals surface area (Å²) in [5.74, 6) is 0.317. The second-order valence-corrected chi connectivity index (χ2v) is 9.41. The van der Waals surface area contributed by atoms with E-state index in [0.29, 0.717) is 29.4 Å². The maximum atomic E-state index is 13.1. The molecule has 0 bridgehead atoms. The highest BCUT2D eigenvalue weighted by Gasteiger charge is 2.22. The number of carbonyl (C=O) groups is 2. The molecule has 3 aromatic rings. The molecule has 1 N–H and O–H groups in total. The zero-order valence-corrected chi connectivity index (χ0v) is 19.7. The largest absolute Gasteiger partial charge is 0.465 e. The van der Waals surface area contributed by atoms with Crippen molar-refractivity contribution < 1.29 is 14.3 Å². The van der Waals surface area contributed by atoms with Gasteiger partial charge in [-0.05, 0) is 36.2 Å². The fraction of sp³-hybridized carbons (Fsp3) is 0.250. The molecule has 33 heavy (non-hydrogen) atoms. The summed E-state index contributed by atoms with van der Waals surface area (Å²) in [5, 5.41) is 3.37. The summed E-state index contributed by atoms with van der Waals surface area (Å²) in [6.07, 6.45) is 1.47. The predicted molar refractivity (Wildman–Crippen MR) is 130 cm³/mol. The van der Waals surface area contributed by atoms with Gasteiger partial charge in [0.15, 0.2) is 5.16 Å². The van der Waals surface area contributed by atoms with E-state index in [-0.39, 0.29) is 17.2 Å². The van der Waals surface area contributed by atoms with Gasteiger partial charge in [-0.15, -0.1) is 11.8 Å². The molecule has 0 spiro atoms. The number of carbonyl (C=O) groups excluding carboxylic acids is 2. The SMILES string of the molecule is COC(=O)c1ccc(NC(=O)CSc2nc3c(c(=O)n2CCc2ccccc2)SCC3)cc1. The number of hydrogen-bond donors (Lipinski definition) is 1. The molecular weight excluding hydrogens is 458 g/mol. The lowest BCUT2D eigenvalue weighted by Gasteiger charge is -2.14. The monoisotopic (exact) mass is 481 g/mol. The van der Waals surface area contributed by atoms with Crippen LogP contribution in [0.4, 0.5) is 5.69 Å². The highest BCUT2D eigenvalue weighted by Crippen LogP contribution is 2.29. The van der Waals surface area contributed by atoms with Gasteiger partial charge in [0.25, 0.3) is 5.56 Å². The number of nitrogens with zero attached hydrogens (tertiary/aromatic N) is 2. The molecule has 2 heterocycles.